The third-order valence-electron chi connectivity index (χ3n) is 3.72. The molecule has 8 heteroatoms. The Morgan fingerprint density at radius 3 is 2.52 bits per heavy atom. The van der Waals surface area contributed by atoms with E-state index in [9.17, 15) is 18.3 Å². The van der Waals surface area contributed by atoms with Gasteiger partial charge in [0.15, 0.2) is 0 Å². The number of hydrogen-bond donors (Lipinski definition) is 1. The lowest BCUT2D eigenvalue weighted by atomic mass is 10.0. The Hall–Kier alpha value is -1.80. The molecule has 1 atom stereocenters. The van der Waals surface area contributed by atoms with E-state index in [-0.39, 0.29) is 11.8 Å². The standard InChI is InChI=1S/C15H21NO6S/c1-15(2)16(14(17)18)12(10-21-15)7-4-11-5-8-13(9-6-11)22-23(3,19)20/h5-6,8-9,12H,4,7,10H2,1-3H3,(H,17,18)/t12-/m0/s1. The summed E-state index contributed by atoms with van der Waals surface area (Å²) in [6.45, 7) is 3.84. The molecular formula is C15H21NO6S. The van der Waals surface area contributed by atoms with Gasteiger partial charge in [-0.2, -0.15) is 8.42 Å². The summed E-state index contributed by atoms with van der Waals surface area (Å²) >= 11 is 0. The molecule has 1 fully saturated rings. The van der Waals surface area contributed by atoms with Crippen LogP contribution < -0.4 is 4.18 Å². The normalized spacial score (nSPS) is 20.5. The van der Waals surface area contributed by atoms with E-state index >= 15 is 0 Å². The highest BCUT2D eigenvalue weighted by molar-refractivity contribution is 7.86. The second-order valence-corrected chi connectivity index (χ2v) is 7.61. The molecule has 1 saturated heterocycles. The predicted molar refractivity (Wildman–Crippen MR) is 83.9 cm³/mol. The molecule has 1 aliphatic rings. The zero-order valence-electron chi connectivity index (χ0n) is 13.4. The molecule has 0 bridgehead atoms. The Bertz CT molecular complexity index is 668. The van der Waals surface area contributed by atoms with Gasteiger partial charge in [-0.3, -0.25) is 4.90 Å². The van der Waals surface area contributed by atoms with Crippen LogP contribution in [0.2, 0.25) is 0 Å². The summed E-state index contributed by atoms with van der Waals surface area (Å²) in [5, 5.41) is 9.33. The minimum Gasteiger partial charge on any atom is -0.465 e. The summed E-state index contributed by atoms with van der Waals surface area (Å²) in [7, 11) is -3.53. The Balaban J connectivity index is 1.97. The van der Waals surface area contributed by atoms with Crippen LogP contribution in [0.5, 0.6) is 5.75 Å². The van der Waals surface area contributed by atoms with Crippen molar-refractivity contribution in [1.29, 1.82) is 0 Å². The Labute approximate surface area is 135 Å². The molecule has 1 N–H and O–H groups in total. The lowest BCUT2D eigenvalue weighted by molar-refractivity contribution is -0.0421. The minimum atomic E-state index is -3.53. The average molecular weight is 343 g/mol. The molecular weight excluding hydrogens is 322 g/mol. The van der Waals surface area contributed by atoms with Gasteiger partial charge < -0.3 is 14.0 Å². The largest absolute Gasteiger partial charge is 0.465 e. The highest BCUT2D eigenvalue weighted by Gasteiger charge is 2.43. The lowest BCUT2D eigenvalue weighted by Gasteiger charge is -2.30. The van der Waals surface area contributed by atoms with Gasteiger partial charge in [0.25, 0.3) is 0 Å². The van der Waals surface area contributed by atoms with Gasteiger partial charge in [0.1, 0.15) is 11.5 Å². The van der Waals surface area contributed by atoms with Crippen LogP contribution >= 0.6 is 0 Å². The van der Waals surface area contributed by atoms with Crippen molar-refractivity contribution in [3.05, 3.63) is 29.8 Å². The van der Waals surface area contributed by atoms with Gasteiger partial charge in [-0.25, -0.2) is 4.79 Å². The number of aryl methyl sites for hydroxylation is 1. The smallest absolute Gasteiger partial charge is 0.409 e. The Kier molecular flexibility index (Phi) is 4.86. The van der Waals surface area contributed by atoms with E-state index in [0.29, 0.717) is 19.4 Å². The molecule has 1 heterocycles. The molecule has 128 valence electrons. The van der Waals surface area contributed by atoms with Crippen molar-refractivity contribution in [3.8, 4) is 5.75 Å². The van der Waals surface area contributed by atoms with E-state index in [2.05, 4.69) is 0 Å². The Morgan fingerprint density at radius 1 is 1.39 bits per heavy atom. The monoisotopic (exact) mass is 343 g/mol. The fourth-order valence-corrected chi connectivity index (χ4v) is 3.16. The number of hydrogen-bond acceptors (Lipinski definition) is 5. The van der Waals surface area contributed by atoms with Crippen LogP contribution in [0.25, 0.3) is 0 Å². The number of carboxylic acid groups (broad SMARTS) is 1. The molecule has 1 aliphatic heterocycles. The number of carbonyl (C=O) groups is 1. The molecule has 7 nitrogen and oxygen atoms in total. The highest BCUT2D eigenvalue weighted by Crippen LogP contribution is 2.29. The number of nitrogens with zero attached hydrogens (tertiary/aromatic N) is 1. The fraction of sp³-hybridized carbons (Fsp3) is 0.533. The fourth-order valence-electron chi connectivity index (χ4n) is 2.70. The third-order valence-corrected chi connectivity index (χ3v) is 4.21. The first-order chi connectivity index (χ1) is 10.6. The summed E-state index contributed by atoms with van der Waals surface area (Å²) < 4.78 is 32.4. The van der Waals surface area contributed by atoms with Crippen LogP contribution in [0, 0.1) is 0 Å². The van der Waals surface area contributed by atoms with Crippen molar-refractivity contribution < 1.29 is 27.2 Å². The summed E-state index contributed by atoms with van der Waals surface area (Å²) in [6.07, 6.45) is 1.28. The summed E-state index contributed by atoms with van der Waals surface area (Å²) in [6, 6.07) is 6.51. The summed E-state index contributed by atoms with van der Waals surface area (Å²) in [5.41, 5.74) is 0.157. The molecule has 23 heavy (non-hydrogen) atoms. The number of amides is 1. The van der Waals surface area contributed by atoms with Crippen molar-refractivity contribution >= 4 is 16.2 Å². The molecule has 1 amide bonds. The number of rotatable bonds is 5. The lowest BCUT2D eigenvalue weighted by Crippen LogP contribution is -2.47. The molecule has 0 aliphatic carbocycles. The van der Waals surface area contributed by atoms with Gasteiger partial charge in [-0.15, -0.1) is 0 Å². The maximum absolute atomic E-state index is 11.4. The molecule has 2 rings (SSSR count). The van der Waals surface area contributed by atoms with Gasteiger partial charge in [-0.05, 0) is 44.4 Å². The number of ether oxygens (including phenoxy) is 1. The van der Waals surface area contributed by atoms with Gasteiger partial charge in [0.05, 0.1) is 18.9 Å². The summed E-state index contributed by atoms with van der Waals surface area (Å²) in [5.74, 6) is 0.258. The first-order valence-corrected chi connectivity index (χ1v) is 9.05. The first-order valence-electron chi connectivity index (χ1n) is 7.23. The van der Waals surface area contributed by atoms with Crippen molar-refractivity contribution in [1.82, 2.24) is 4.90 Å². The van der Waals surface area contributed by atoms with Crippen molar-refractivity contribution in [2.75, 3.05) is 12.9 Å². The maximum Gasteiger partial charge on any atom is 0.409 e. The van der Waals surface area contributed by atoms with Crippen molar-refractivity contribution in [2.45, 2.75) is 38.5 Å². The van der Waals surface area contributed by atoms with Gasteiger partial charge in [-0.1, -0.05) is 12.1 Å². The molecule has 0 saturated carbocycles. The van der Waals surface area contributed by atoms with Gasteiger partial charge in [0, 0.05) is 0 Å². The molecule has 0 spiro atoms. The van der Waals surface area contributed by atoms with Gasteiger partial charge in [0.2, 0.25) is 0 Å². The van der Waals surface area contributed by atoms with Crippen LogP contribution in [0.15, 0.2) is 24.3 Å². The van der Waals surface area contributed by atoms with E-state index in [0.717, 1.165) is 11.8 Å². The van der Waals surface area contributed by atoms with E-state index in [1.165, 1.54) is 4.90 Å². The van der Waals surface area contributed by atoms with Crippen molar-refractivity contribution in [3.63, 3.8) is 0 Å². The maximum atomic E-state index is 11.4. The summed E-state index contributed by atoms with van der Waals surface area (Å²) in [4.78, 5) is 12.7. The molecule has 1 aromatic carbocycles. The van der Waals surface area contributed by atoms with E-state index in [1.807, 2.05) is 0 Å². The van der Waals surface area contributed by atoms with Crippen LogP contribution in [0.4, 0.5) is 4.79 Å². The van der Waals surface area contributed by atoms with Crippen LogP contribution in [0.3, 0.4) is 0 Å². The molecule has 0 aromatic heterocycles. The highest BCUT2D eigenvalue weighted by atomic mass is 32.2. The van der Waals surface area contributed by atoms with E-state index < -0.39 is 21.9 Å². The topological polar surface area (TPSA) is 93.1 Å². The van der Waals surface area contributed by atoms with Crippen LogP contribution in [0.1, 0.15) is 25.8 Å². The molecule has 1 aromatic rings. The molecule has 0 unspecified atom stereocenters. The third kappa shape index (κ3) is 4.59. The second-order valence-electron chi connectivity index (χ2n) is 6.03. The SMILES string of the molecule is CC1(C)OC[C@H](CCc2ccc(OS(C)(=O)=O)cc2)N1C(=O)O. The molecule has 0 radical (unpaired) electrons. The van der Waals surface area contributed by atoms with Crippen LogP contribution in [-0.4, -0.2) is 49.1 Å². The van der Waals surface area contributed by atoms with E-state index in [1.54, 1.807) is 38.1 Å². The zero-order valence-corrected chi connectivity index (χ0v) is 14.2. The van der Waals surface area contributed by atoms with E-state index in [4.69, 9.17) is 8.92 Å². The Morgan fingerprint density at radius 2 is 2.00 bits per heavy atom. The predicted octanol–water partition coefficient (Wildman–Crippen LogP) is 2.07. The van der Waals surface area contributed by atoms with Crippen molar-refractivity contribution in [2.24, 2.45) is 0 Å². The average Bonchev–Trinajstić information content (AvgIpc) is 2.71. The van der Waals surface area contributed by atoms with Crippen LogP contribution in [-0.2, 0) is 21.3 Å². The zero-order chi connectivity index (χ0) is 17.3. The van der Waals surface area contributed by atoms with Gasteiger partial charge >= 0.3 is 16.2 Å². The second kappa shape index (κ2) is 6.37. The quantitative estimate of drug-likeness (QED) is 0.823. The first kappa shape index (κ1) is 17.6. The minimum absolute atomic E-state index is 0.200. The number of benzene rings is 1.